The minimum atomic E-state index is 0.277. The number of benzene rings is 2. The summed E-state index contributed by atoms with van der Waals surface area (Å²) in [5.74, 6) is 3.29. The third-order valence-corrected chi connectivity index (χ3v) is 5.99. The summed E-state index contributed by atoms with van der Waals surface area (Å²) in [5.41, 5.74) is 5.02. The highest BCUT2D eigenvalue weighted by Gasteiger charge is 2.58. The van der Waals surface area contributed by atoms with Crippen LogP contribution in [0.3, 0.4) is 0 Å². The number of rotatable bonds is 2. The highest BCUT2D eigenvalue weighted by Crippen LogP contribution is 2.63. The van der Waals surface area contributed by atoms with Crippen LogP contribution in [0.2, 0.25) is 0 Å². The van der Waals surface area contributed by atoms with Crippen LogP contribution < -0.4 is 9.80 Å². The van der Waals surface area contributed by atoms with Crippen LogP contribution >= 0.6 is 0 Å². The molecule has 1 saturated carbocycles. The van der Waals surface area contributed by atoms with Crippen LogP contribution in [-0.2, 0) is 6.42 Å². The zero-order chi connectivity index (χ0) is 17.3. The van der Waals surface area contributed by atoms with Gasteiger partial charge in [-0.15, -0.1) is 0 Å². The molecule has 2 aliphatic heterocycles. The summed E-state index contributed by atoms with van der Waals surface area (Å²) in [6, 6.07) is 19.5. The Kier molecular flexibility index (Phi) is 2.79. The topological polar surface area (TPSA) is 32.3 Å². The first-order valence-corrected chi connectivity index (χ1v) is 9.45. The molecule has 3 unspecified atom stereocenters. The summed E-state index contributed by atoms with van der Waals surface area (Å²) in [5, 5.41) is 0. The molecule has 3 atom stereocenters. The van der Waals surface area contributed by atoms with Crippen molar-refractivity contribution in [3.8, 4) is 0 Å². The predicted octanol–water partition coefficient (Wildman–Crippen LogP) is 4.77. The van der Waals surface area contributed by atoms with E-state index in [2.05, 4.69) is 71.3 Å². The average molecular weight is 340 g/mol. The van der Waals surface area contributed by atoms with Crippen molar-refractivity contribution >= 4 is 23.0 Å². The van der Waals surface area contributed by atoms with Crippen molar-refractivity contribution in [2.24, 2.45) is 5.92 Å². The maximum absolute atomic E-state index is 5.01. The summed E-state index contributed by atoms with van der Waals surface area (Å²) in [4.78, 5) is 14.7. The van der Waals surface area contributed by atoms with Crippen LogP contribution in [0.5, 0.6) is 0 Å². The molecule has 3 aromatic rings. The van der Waals surface area contributed by atoms with E-state index in [9.17, 15) is 0 Å². The van der Waals surface area contributed by atoms with Gasteiger partial charge in [0.05, 0.1) is 11.9 Å². The fourth-order valence-corrected chi connectivity index (χ4v) is 4.70. The lowest BCUT2D eigenvalue weighted by Crippen LogP contribution is -2.42. The van der Waals surface area contributed by atoms with Gasteiger partial charge in [-0.1, -0.05) is 43.3 Å². The number of aryl methyl sites for hydroxylation is 1. The lowest BCUT2D eigenvalue weighted by Gasteiger charge is -2.36. The van der Waals surface area contributed by atoms with Crippen LogP contribution in [0.25, 0.3) is 0 Å². The van der Waals surface area contributed by atoms with Crippen LogP contribution in [-0.4, -0.2) is 16.1 Å². The molecule has 26 heavy (non-hydrogen) atoms. The summed E-state index contributed by atoms with van der Waals surface area (Å²) in [7, 11) is 0. The summed E-state index contributed by atoms with van der Waals surface area (Å²) < 4.78 is 0. The molecule has 3 aliphatic rings. The van der Waals surface area contributed by atoms with Crippen molar-refractivity contribution < 1.29 is 0 Å². The van der Waals surface area contributed by atoms with E-state index < -0.39 is 0 Å². The number of aromatic nitrogens is 2. The molecular weight excluding hydrogens is 320 g/mol. The fourth-order valence-electron chi connectivity index (χ4n) is 4.70. The number of anilines is 4. The molecule has 4 nitrogen and oxygen atoms in total. The van der Waals surface area contributed by atoms with Gasteiger partial charge in [-0.2, -0.15) is 0 Å². The SMILES string of the molecule is CCc1cnc2c(n1)N1c3ccccc3C3CC3C1N2c1ccccc1. The smallest absolute Gasteiger partial charge is 0.178 e. The van der Waals surface area contributed by atoms with E-state index in [0.29, 0.717) is 11.8 Å². The molecule has 1 aliphatic carbocycles. The molecule has 6 rings (SSSR count). The molecule has 1 fully saturated rings. The third kappa shape index (κ3) is 1.79. The van der Waals surface area contributed by atoms with Gasteiger partial charge < -0.3 is 9.80 Å². The summed E-state index contributed by atoms with van der Waals surface area (Å²) >= 11 is 0. The maximum atomic E-state index is 5.01. The van der Waals surface area contributed by atoms with Gasteiger partial charge in [0.25, 0.3) is 0 Å². The first-order chi connectivity index (χ1) is 12.9. The quantitative estimate of drug-likeness (QED) is 0.672. The molecule has 2 aromatic carbocycles. The van der Waals surface area contributed by atoms with E-state index >= 15 is 0 Å². The second kappa shape index (κ2) is 5.07. The highest BCUT2D eigenvalue weighted by atomic mass is 15.5. The van der Waals surface area contributed by atoms with Gasteiger partial charge in [0, 0.05) is 17.3 Å². The summed E-state index contributed by atoms with van der Waals surface area (Å²) in [6.45, 7) is 2.14. The molecule has 0 spiro atoms. The maximum Gasteiger partial charge on any atom is 0.178 e. The van der Waals surface area contributed by atoms with Crippen molar-refractivity contribution in [2.75, 3.05) is 9.80 Å². The van der Waals surface area contributed by atoms with Crippen molar-refractivity contribution in [3.05, 3.63) is 72.1 Å². The molecule has 0 radical (unpaired) electrons. The molecule has 0 N–H and O–H groups in total. The minimum Gasteiger partial charge on any atom is -0.302 e. The zero-order valence-electron chi connectivity index (χ0n) is 14.7. The van der Waals surface area contributed by atoms with Gasteiger partial charge in [-0.05, 0) is 42.5 Å². The Balaban J connectivity index is 1.61. The molecule has 4 heteroatoms. The monoisotopic (exact) mass is 340 g/mol. The van der Waals surface area contributed by atoms with Gasteiger partial charge >= 0.3 is 0 Å². The molecular formula is C22H20N4. The number of hydrogen-bond donors (Lipinski definition) is 0. The van der Waals surface area contributed by atoms with E-state index in [1.165, 1.54) is 23.4 Å². The Labute approximate surface area is 153 Å². The summed E-state index contributed by atoms with van der Waals surface area (Å²) in [6.07, 6.45) is 4.36. The molecule has 3 heterocycles. The number of para-hydroxylation sites is 2. The van der Waals surface area contributed by atoms with Crippen LogP contribution in [0.1, 0.15) is 30.5 Å². The van der Waals surface area contributed by atoms with E-state index in [4.69, 9.17) is 9.97 Å². The molecule has 0 amide bonds. The van der Waals surface area contributed by atoms with Crippen molar-refractivity contribution in [1.82, 2.24) is 9.97 Å². The standard InChI is InChI=1S/C22H20N4/c1-2-14-13-23-20-21(24-14)26-19-11-7-6-10-16(19)17-12-18(17)22(26)25(20)15-8-4-3-5-9-15/h3-11,13,17-18,22H,2,12H2,1H3. The van der Waals surface area contributed by atoms with E-state index in [1.54, 1.807) is 0 Å². The van der Waals surface area contributed by atoms with Crippen molar-refractivity contribution in [3.63, 3.8) is 0 Å². The Morgan fingerprint density at radius 1 is 0.962 bits per heavy atom. The molecule has 0 bridgehead atoms. The van der Waals surface area contributed by atoms with E-state index in [1.807, 2.05) is 6.20 Å². The highest BCUT2D eigenvalue weighted by molar-refractivity contribution is 5.86. The molecule has 128 valence electrons. The van der Waals surface area contributed by atoms with Gasteiger partial charge in [-0.3, -0.25) is 0 Å². The van der Waals surface area contributed by atoms with E-state index in [0.717, 1.165) is 23.8 Å². The first kappa shape index (κ1) is 14.3. The van der Waals surface area contributed by atoms with Gasteiger partial charge in [0.1, 0.15) is 6.17 Å². The Hall–Kier alpha value is -2.88. The van der Waals surface area contributed by atoms with Crippen LogP contribution in [0, 0.1) is 5.92 Å². The second-order valence-electron chi connectivity index (χ2n) is 7.42. The Bertz CT molecular complexity index is 1000. The minimum absolute atomic E-state index is 0.277. The third-order valence-electron chi connectivity index (χ3n) is 5.99. The van der Waals surface area contributed by atoms with Gasteiger partial charge in [0.2, 0.25) is 0 Å². The number of hydrogen-bond acceptors (Lipinski definition) is 4. The van der Waals surface area contributed by atoms with Crippen LogP contribution in [0.4, 0.5) is 23.0 Å². The second-order valence-corrected chi connectivity index (χ2v) is 7.42. The Morgan fingerprint density at radius 3 is 2.62 bits per heavy atom. The van der Waals surface area contributed by atoms with Crippen molar-refractivity contribution in [2.45, 2.75) is 31.8 Å². The van der Waals surface area contributed by atoms with Gasteiger partial charge in [-0.25, -0.2) is 9.97 Å². The lowest BCUT2D eigenvalue weighted by atomic mass is 9.99. The largest absolute Gasteiger partial charge is 0.302 e. The fraction of sp³-hybridized carbons (Fsp3) is 0.273. The van der Waals surface area contributed by atoms with Gasteiger partial charge in [0.15, 0.2) is 11.6 Å². The Morgan fingerprint density at radius 2 is 1.77 bits per heavy atom. The molecule has 1 aromatic heterocycles. The average Bonchev–Trinajstić information content (AvgIpc) is 3.44. The lowest BCUT2D eigenvalue weighted by molar-refractivity contribution is 0.575. The van der Waals surface area contributed by atoms with Crippen LogP contribution in [0.15, 0.2) is 60.8 Å². The zero-order valence-corrected chi connectivity index (χ0v) is 14.7. The predicted molar refractivity (Wildman–Crippen MR) is 103 cm³/mol. The number of fused-ring (bicyclic) bond motifs is 8. The first-order valence-electron chi connectivity index (χ1n) is 9.45. The van der Waals surface area contributed by atoms with E-state index in [-0.39, 0.29) is 6.17 Å². The van der Waals surface area contributed by atoms with Crippen molar-refractivity contribution in [1.29, 1.82) is 0 Å². The normalized spacial score (nSPS) is 24.6. The molecule has 0 saturated heterocycles. The number of nitrogens with zero attached hydrogens (tertiary/aromatic N) is 4.